The molecule has 0 aliphatic rings. The van der Waals surface area contributed by atoms with Crippen LogP contribution >= 0.6 is 0 Å². The van der Waals surface area contributed by atoms with Crippen LogP contribution in [0.3, 0.4) is 0 Å². The molecule has 0 aliphatic carbocycles. The number of benzene rings is 1. The second-order valence-electron chi connectivity index (χ2n) is 3.94. The second-order valence-corrected chi connectivity index (χ2v) is 3.94. The van der Waals surface area contributed by atoms with E-state index in [0.29, 0.717) is 12.2 Å². The quantitative estimate of drug-likeness (QED) is 0.610. The number of hydrogen-bond donors (Lipinski definition) is 1. The van der Waals surface area contributed by atoms with Gasteiger partial charge < -0.3 is 4.84 Å². The van der Waals surface area contributed by atoms with Crippen LogP contribution < -0.4 is 10.3 Å². The minimum absolute atomic E-state index is 0.124. The Kier molecular flexibility index (Phi) is 4.58. The van der Waals surface area contributed by atoms with Crippen LogP contribution in [-0.2, 0) is 4.79 Å². The number of rotatable bonds is 5. The molecule has 1 N–H and O–H groups in total. The molecule has 0 heterocycles. The van der Waals surface area contributed by atoms with Crippen LogP contribution in [0.4, 0.5) is 0 Å². The molecular weight excluding hydrogens is 202 g/mol. The summed E-state index contributed by atoms with van der Waals surface area (Å²) in [6, 6.07) is 9.14. The topological polar surface area (TPSA) is 38.3 Å². The fourth-order valence-corrected chi connectivity index (χ4v) is 1.31. The molecule has 3 heteroatoms. The van der Waals surface area contributed by atoms with Crippen LogP contribution in [-0.4, -0.2) is 5.91 Å². The van der Waals surface area contributed by atoms with Crippen LogP contribution in [0.25, 0.3) is 0 Å². The van der Waals surface area contributed by atoms with E-state index < -0.39 is 0 Å². The number of amides is 1. The normalized spacial score (nSPS) is 11.6. The van der Waals surface area contributed by atoms with Crippen LogP contribution in [0.15, 0.2) is 42.5 Å². The molecule has 1 atom stereocenters. The maximum absolute atomic E-state index is 11.6. The lowest BCUT2D eigenvalue weighted by molar-refractivity contribution is -0.131. The molecule has 0 aromatic heterocycles. The second kappa shape index (κ2) is 5.95. The first-order chi connectivity index (χ1) is 7.59. The standard InChI is InChI=1S/C13H17NO2/c1-10(2)9-11(3)13(15)14-16-12-7-5-4-6-8-12/h4-8,11H,1,9H2,2-3H3,(H,14,15). The lowest BCUT2D eigenvalue weighted by Gasteiger charge is -2.12. The molecule has 16 heavy (non-hydrogen) atoms. The van der Waals surface area contributed by atoms with Gasteiger partial charge >= 0.3 is 0 Å². The summed E-state index contributed by atoms with van der Waals surface area (Å²) in [7, 11) is 0. The highest BCUT2D eigenvalue weighted by molar-refractivity contribution is 5.77. The number of hydrogen-bond acceptors (Lipinski definition) is 2. The third-order valence-corrected chi connectivity index (χ3v) is 2.11. The summed E-state index contributed by atoms with van der Waals surface area (Å²) >= 11 is 0. The summed E-state index contributed by atoms with van der Waals surface area (Å²) in [6.07, 6.45) is 0.671. The first kappa shape index (κ1) is 12.3. The number of para-hydroxylation sites is 1. The summed E-state index contributed by atoms with van der Waals surface area (Å²) in [4.78, 5) is 16.7. The molecular formula is C13H17NO2. The van der Waals surface area contributed by atoms with Crippen LogP contribution in [0.2, 0.25) is 0 Å². The van der Waals surface area contributed by atoms with Crippen LogP contribution in [0.1, 0.15) is 20.3 Å². The summed E-state index contributed by atoms with van der Waals surface area (Å²) in [5.74, 6) is 0.367. The van der Waals surface area contributed by atoms with Crippen molar-refractivity contribution in [3.05, 3.63) is 42.5 Å². The van der Waals surface area contributed by atoms with Crippen molar-refractivity contribution in [1.82, 2.24) is 5.48 Å². The van der Waals surface area contributed by atoms with Gasteiger partial charge in [0.25, 0.3) is 5.91 Å². The van der Waals surface area contributed by atoms with E-state index in [1.165, 1.54) is 0 Å². The van der Waals surface area contributed by atoms with Gasteiger partial charge in [-0.25, -0.2) is 0 Å². The SMILES string of the molecule is C=C(C)CC(C)C(=O)NOc1ccccc1. The van der Waals surface area contributed by atoms with E-state index in [-0.39, 0.29) is 11.8 Å². The molecule has 86 valence electrons. The van der Waals surface area contributed by atoms with E-state index in [1.54, 1.807) is 12.1 Å². The maximum Gasteiger partial charge on any atom is 0.255 e. The van der Waals surface area contributed by atoms with Crippen LogP contribution in [0.5, 0.6) is 5.75 Å². The van der Waals surface area contributed by atoms with E-state index >= 15 is 0 Å². The van der Waals surface area contributed by atoms with Gasteiger partial charge in [0.2, 0.25) is 0 Å². The summed E-state index contributed by atoms with van der Waals surface area (Å²) < 4.78 is 0. The molecule has 0 aliphatic heterocycles. The highest BCUT2D eigenvalue weighted by Gasteiger charge is 2.12. The van der Waals surface area contributed by atoms with Crippen molar-refractivity contribution in [2.75, 3.05) is 0 Å². The van der Waals surface area contributed by atoms with Crippen molar-refractivity contribution in [2.45, 2.75) is 20.3 Å². The Balaban J connectivity index is 2.38. The Morgan fingerprint density at radius 3 is 2.62 bits per heavy atom. The predicted octanol–water partition coefficient (Wildman–Crippen LogP) is 2.70. The van der Waals surface area contributed by atoms with Crippen molar-refractivity contribution >= 4 is 5.91 Å². The Morgan fingerprint density at radius 2 is 2.06 bits per heavy atom. The maximum atomic E-state index is 11.6. The number of allylic oxidation sites excluding steroid dienone is 1. The van der Waals surface area contributed by atoms with Crippen LogP contribution in [0, 0.1) is 5.92 Å². The molecule has 1 amide bonds. The molecule has 3 nitrogen and oxygen atoms in total. The van der Waals surface area contributed by atoms with Gasteiger partial charge in [-0.05, 0) is 25.5 Å². The molecule has 0 spiro atoms. The molecule has 0 bridgehead atoms. The largest absolute Gasteiger partial charge is 0.380 e. The molecule has 0 saturated heterocycles. The number of nitrogens with one attached hydrogen (secondary N) is 1. The average molecular weight is 219 g/mol. The fourth-order valence-electron chi connectivity index (χ4n) is 1.31. The van der Waals surface area contributed by atoms with Gasteiger partial charge in [-0.2, -0.15) is 5.48 Å². The highest BCUT2D eigenvalue weighted by Crippen LogP contribution is 2.10. The van der Waals surface area contributed by atoms with Crippen molar-refractivity contribution < 1.29 is 9.63 Å². The van der Waals surface area contributed by atoms with E-state index in [1.807, 2.05) is 32.0 Å². The van der Waals surface area contributed by atoms with Gasteiger partial charge in [-0.3, -0.25) is 4.79 Å². The summed E-state index contributed by atoms with van der Waals surface area (Å²) in [6.45, 7) is 7.53. The van der Waals surface area contributed by atoms with E-state index in [0.717, 1.165) is 5.57 Å². The van der Waals surface area contributed by atoms with Gasteiger partial charge in [0.15, 0.2) is 5.75 Å². The molecule has 1 rings (SSSR count). The molecule has 0 radical (unpaired) electrons. The van der Waals surface area contributed by atoms with E-state index in [9.17, 15) is 4.79 Å². The first-order valence-corrected chi connectivity index (χ1v) is 5.25. The number of hydroxylamine groups is 1. The van der Waals surface area contributed by atoms with Crippen molar-refractivity contribution in [3.8, 4) is 5.75 Å². The minimum Gasteiger partial charge on any atom is -0.380 e. The van der Waals surface area contributed by atoms with E-state index in [2.05, 4.69) is 12.1 Å². The lowest BCUT2D eigenvalue weighted by Crippen LogP contribution is -2.32. The molecule has 1 aromatic rings. The number of carbonyl (C=O) groups excluding carboxylic acids is 1. The Morgan fingerprint density at radius 1 is 1.44 bits per heavy atom. The Hall–Kier alpha value is -1.77. The smallest absolute Gasteiger partial charge is 0.255 e. The Labute approximate surface area is 96.1 Å². The van der Waals surface area contributed by atoms with Gasteiger partial charge in [-0.1, -0.05) is 30.7 Å². The zero-order valence-corrected chi connectivity index (χ0v) is 9.69. The minimum atomic E-state index is -0.133. The van der Waals surface area contributed by atoms with Gasteiger partial charge in [0.1, 0.15) is 0 Å². The van der Waals surface area contributed by atoms with Crippen molar-refractivity contribution in [1.29, 1.82) is 0 Å². The van der Waals surface area contributed by atoms with E-state index in [4.69, 9.17) is 4.84 Å². The third-order valence-electron chi connectivity index (χ3n) is 2.11. The molecule has 0 fully saturated rings. The van der Waals surface area contributed by atoms with Gasteiger partial charge in [-0.15, -0.1) is 6.58 Å². The number of carbonyl (C=O) groups is 1. The predicted molar refractivity (Wildman–Crippen MR) is 63.8 cm³/mol. The monoisotopic (exact) mass is 219 g/mol. The average Bonchev–Trinajstić information content (AvgIpc) is 2.26. The lowest BCUT2D eigenvalue weighted by atomic mass is 10.0. The van der Waals surface area contributed by atoms with Gasteiger partial charge in [0.05, 0.1) is 0 Å². The summed E-state index contributed by atoms with van der Waals surface area (Å²) in [5, 5.41) is 0. The fraction of sp³-hybridized carbons (Fsp3) is 0.308. The summed E-state index contributed by atoms with van der Waals surface area (Å²) in [5.41, 5.74) is 3.41. The highest BCUT2D eigenvalue weighted by atomic mass is 16.7. The zero-order chi connectivity index (χ0) is 12.0. The zero-order valence-electron chi connectivity index (χ0n) is 9.69. The molecule has 1 aromatic carbocycles. The Bertz CT molecular complexity index is 359. The van der Waals surface area contributed by atoms with Gasteiger partial charge in [0, 0.05) is 5.92 Å². The van der Waals surface area contributed by atoms with Crippen molar-refractivity contribution in [2.24, 2.45) is 5.92 Å². The van der Waals surface area contributed by atoms with Crippen molar-refractivity contribution in [3.63, 3.8) is 0 Å². The molecule has 0 saturated carbocycles. The first-order valence-electron chi connectivity index (χ1n) is 5.25. The molecule has 1 unspecified atom stereocenters. The third kappa shape index (κ3) is 4.17.